The topological polar surface area (TPSA) is 54.3 Å². The van der Waals surface area contributed by atoms with Crippen LogP contribution >= 0.6 is 11.3 Å². The van der Waals surface area contributed by atoms with Crippen molar-refractivity contribution in [1.82, 2.24) is 14.8 Å². The molecule has 2 saturated carbocycles. The summed E-state index contributed by atoms with van der Waals surface area (Å²) in [7, 11) is 0. The number of fused-ring (bicyclic) bond motifs is 3. The first-order chi connectivity index (χ1) is 15.4. The second-order valence-electron chi connectivity index (χ2n) is 10.7. The first-order valence-corrected chi connectivity index (χ1v) is 13.5. The fraction of sp³-hybridized carbons (Fsp3) is 0.692. The fourth-order valence-electron chi connectivity index (χ4n) is 6.43. The number of hydrogen-bond donors (Lipinski definition) is 1. The van der Waals surface area contributed by atoms with E-state index in [4.69, 9.17) is 0 Å². The molecule has 0 saturated heterocycles. The van der Waals surface area contributed by atoms with Crippen LogP contribution < -0.4 is 5.32 Å². The molecule has 3 heterocycles. The lowest BCUT2D eigenvalue weighted by Crippen LogP contribution is -2.67. The summed E-state index contributed by atoms with van der Waals surface area (Å²) in [6.45, 7) is 7.12. The van der Waals surface area contributed by atoms with Crippen molar-refractivity contribution in [3.63, 3.8) is 0 Å². The van der Waals surface area contributed by atoms with Crippen molar-refractivity contribution < 1.29 is 9.59 Å². The predicted molar refractivity (Wildman–Crippen MR) is 130 cm³/mol. The van der Waals surface area contributed by atoms with E-state index in [1.165, 1.54) is 19.3 Å². The van der Waals surface area contributed by atoms with Gasteiger partial charge in [-0.2, -0.15) is 0 Å². The van der Waals surface area contributed by atoms with Crippen molar-refractivity contribution in [2.45, 2.75) is 103 Å². The van der Waals surface area contributed by atoms with Crippen LogP contribution in [0.2, 0.25) is 0 Å². The van der Waals surface area contributed by atoms with Crippen LogP contribution in [0.3, 0.4) is 0 Å². The summed E-state index contributed by atoms with van der Waals surface area (Å²) >= 11 is 1.67. The summed E-state index contributed by atoms with van der Waals surface area (Å²) < 4.78 is 3.24. The Morgan fingerprint density at radius 2 is 1.84 bits per heavy atom. The van der Waals surface area contributed by atoms with E-state index in [1.807, 2.05) is 17.9 Å². The molecule has 0 unspecified atom stereocenters. The maximum absolute atomic E-state index is 14.0. The minimum atomic E-state index is -0.868. The lowest BCUT2D eigenvalue weighted by atomic mass is 9.77. The number of thiophene rings is 1. The molecule has 2 aliphatic carbocycles. The first kappa shape index (κ1) is 22.0. The van der Waals surface area contributed by atoms with Gasteiger partial charge in [0.05, 0.1) is 16.8 Å². The molecule has 0 aromatic carbocycles. The third-order valence-electron chi connectivity index (χ3n) is 8.66. The van der Waals surface area contributed by atoms with Gasteiger partial charge in [0.25, 0.3) is 5.91 Å². The molecule has 2 aromatic heterocycles. The maximum Gasteiger partial charge on any atom is 0.271 e. The molecule has 1 N–H and O–H groups in total. The number of nitrogens with zero attached hydrogens (tertiary/aromatic N) is 2. The summed E-state index contributed by atoms with van der Waals surface area (Å²) in [4.78, 5) is 30.0. The minimum absolute atomic E-state index is 0.0313. The Labute approximate surface area is 195 Å². The van der Waals surface area contributed by atoms with Crippen LogP contribution in [0.25, 0.3) is 10.2 Å². The van der Waals surface area contributed by atoms with E-state index in [0.29, 0.717) is 18.4 Å². The molecule has 174 valence electrons. The number of rotatable bonds is 3. The fourth-order valence-corrected chi connectivity index (χ4v) is 7.25. The first-order valence-electron chi connectivity index (χ1n) is 12.6. The summed E-state index contributed by atoms with van der Waals surface area (Å²) in [6, 6.07) is 4.46. The van der Waals surface area contributed by atoms with Crippen LogP contribution in [0.5, 0.6) is 0 Å². The molecule has 0 spiro atoms. The van der Waals surface area contributed by atoms with Gasteiger partial charge in [-0.1, -0.05) is 52.4 Å². The second kappa shape index (κ2) is 8.51. The quantitative estimate of drug-likeness (QED) is 0.614. The number of carbonyl (C=O) groups is 2. The van der Waals surface area contributed by atoms with Crippen LogP contribution in [0.4, 0.5) is 0 Å². The average molecular weight is 456 g/mol. The smallest absolute Gasteiger partial charge is 0.271 e. The zero-order chi connectivity index (χ0) is 22.5. The summed E-state index contributed by atoms with van der Waals surface area (Å²) in [5.41, 5.74) is 0.964. The van der Waals surface area contributed by atoms with Gasteiger partial charge in [-0.3, -0.25) is 9.59 Å². The van der Waals surface area contributed by atoms with E-state index in [0.717, 1.165) is 54.4 Å². The molecule has 4 atom stereocenters. The Kier molecular flexibility index (Phi) is 5.85. The van der Waals surface area contributed by atoms with Crippen molar-refractivity contribution in [3.05, 3.63) is 23.2 Å². The minimum Gasteiger partial charge on any atom is -0.351 e. The number of carbonyl (C=O) groups excluding carboxylic acids is 2. The van der Waals surface area contributed by atoms with Gasteiger partial charge in [0.15, 0.2) is 0 Å². The highest BCUT2D eigenvalue weighted by Gasteiger charge is 2.51. The second-order valence-corrected chi connectivity index (χ2v) is 11.7. The lowest BCUT2D eigenvalue weighted by molar-refractivity contribution is -0.136. The van der Waals surface area contributed by atoms with E-state index < -0.39 is 5.54 Å². The number of nitrogens with one attached hydrogen (secondary N) is 1. The molecule has 2 fully saturated rings. The Morgan fingerprint density at radius 3 is 2.59 bits per heavy atom. The zero-order valence-electron chi connectivity index (χ0n) is 19.7. The summed E-state index contributed by atoms with van der Waals surface area (Å²) in [6.07, 6.45) is 10.2. The highest BCUT2D eigenvalue weighted by Crippen LogP contribution is 2.38. The molecule has 6 heteroatoms. The number of amides is 2. The van der Waals surface area contributed by atoms with E-state index in [1.54, 1.807) is 11.3 Å². The van der Waals surface area contributed by atoms with E-state index in [2.05, 4.69) is 35.2 Å². The summed E-state index contributed by atoms with van der Waals surface area (Å²) in [5, 5.41) is 5.51. The van der Waals surface area contributed by atoms with E-state index >= 15 is 0 Å². The van der Waals surface area contributed by atoms with E-state index in [9.17, 15) is 9.59 Å². The largest absolute Gasteiger partial charge is 0.351 e. The van der Waals surface area contributed by atoms with Crippen molar-refractivity contribution >= 4 is 33.4 Å². The third-order valence-corrected chi connectivity index (χ3v) is 9.51. The Bertz CT molecular complexity index is 1000. The van der Waals surface area contributed by atoms with Crippen LogP contribution in [0.15, 0.2) is 17.5 Å². The molecule has 1 aliphatic heterocycles. The lowest BCUT2D eigenvalue weighted by Gasteiger charge is -2.49. The van der Waals surface area contributed by atoms with Gasteiger partial charge in [-0.05, 0) is 55.5 Å². The normalized spacial score (nSPS) is 32.0. The van der Waals surface area contributed by atoms with Crippen molar-refractivity contribution in [2.24, 2.45) is 11.8 Å². The van der Waals surface area contributed by atoms with Crippen molar-refractivity contribution in [1.29, 1.82) is 0 Å². The highest BCUT2D eigenvalue weighted by atomic mass is 32.1. The van der Waals surface area contributed by atoms with Crippen LogP contribution in [0.1, 0.15) is 89.0 Å². The Hall–Kier alpha value is -1.82. The predicted octanol–water partition coefficient (Wildman–Crippen LogP) is 5.58. The third kappa shape index (κ3) is 3.59. The van der Waals surface area contributed by atoms with Gasteiger partial charge >= 0.3 is 0 Å². The standard InChI is InChI=1S/C26H37N3O2S/c1-17-9-8-12-20(18(17)2)27-25(31)26(3)16-28-21-13-14-32-23(21)15-22(28)24(30)29(26)19-10-6-4-5-7-11-19/h13-15,17-20H,4-12,16H2,1-3H3,(H,27,31)/t17-,18+,20+,26+/m1/s1. The number of aromatic nitrogens is 1. The van der Waals surface area contributed by atoms with Crippen LogP contribution in [-0.4, -0.2) is 38.9 Å². The van der Waals surface area contributed by atoms with Gasteiger partial charge in [0.1, 0.15) is 11.2 Å². The molecule has 3 aliphatic rings. The van der Waals surface area contributed by atoms with Gasteiger partial charge in [-0.25, -0.2) is 0 Å². The monoisotopic (exact) mass is 455 g/mol. The molecule has 32 heavy (non-hydrogen) atoms. The van der Waals surface area contributed by atoms with Gasteiger partial charge < -0.3 is 14.8 Å². The van der Waals surface area contributed by atoms with Crippen molar-refractivity contribution in [2.75, 3.05) is 0 Å². The zero-order valence-corrected chi connectivity index (χ0v) is 20.5. The highest BCUT2D eigenvalue weighted by molar-refractivity contribution is 7.17. The maximum atomic E-state index is 14.0. The average Bonchev–Trinajstić information content (AvgIpc) is 3.25. The molecule has 5 rings (SSSR count). The number of hydrogen-bond acceptors (Lipinski definition) is 3. The Balaban J connectivity index is 1.52. The molecular formula is C26H37N3O2S. The van der Waals surface area contributed by atoms with Crippen LogP contribution in [0, 0.1) is 11.8 Å². The molecular weight excluding hydrogens is 418 g/mol. The molecule has 2 aromatic rings. The van der Waals surface area contributed by atoms with Crippen molar-refractivity contribution in [3.8, 4) is 0 Å². The van der Waals surface area contributed by atoms with Crippen LogP contribution in [-0.2, 0) is 11.3 Å². The van der Waals surface area contributed by atoms with Gasteiger partial charge in [-0.15, -0.1) is 11.3 Å². The Morgan fingerprint density at radius 1 is 1.09 bits per heavy atom. The summed E-state index contributed by atoms with van der Waals surface area (Å²) in [5.74, 6) is 1.15. The molecule has 5 nitrogen and oxygen atoms in total. The van der Waals surface area contributed by atoms with Gasteiger partial charge in [0, 0.05) is 12.1 Å². The van der Waals surface area contributed by atoms with Gasteiger partial charge in [0.2, 0.25) is 5.91 Å². The SMILES string of the molecule is C[C@H]1[C@H](C)CCC[C@@H]1NC(=O)[C@]1(C)Cn2c(cc3sccc32)C(=O)N1C1CCCCCC1. The molecule has 0 bridgehead atoms. The molecule has 0 radical (unpaired) electrons. The van der Waals surface area contributed by atoms with E-state index in [-0.39, 0.29) is 23.9 Å². The molecule has 2 amide bonds.